The van der Waals surface area contributed by atoms with E-state index in [-0.39, 0.29) is 18.6 Å². The predicted molar refractivity (Wildman–Crippen MR) is 72.3 cm³/mol. The number of thioether (sulfide) groups is 1. The van der Waals surface area contributed by atoms with Gasteiger partial charge in [0, 0.05) is 6.61 Å². The lowest BCUT2D eigenvalue weighted by molar-refractivity contribution is -0.143. The van der Waals surface area contributed by atoms with Crippen LogP contribution in [-0.4, -0.2) is 48.9 Å². The molecule has 2 N–H and O–H groups in total. The standard InChI is InChI=1S/C12H25NO3S/c1-4-6-13-11(12(15)16-3)5-7-17-9-10(2)8-14/h10-11,13-14H,4-9H2,1-3H3. The van der Waals surface area contributed by atoms with Crippen LogP contribution in [0.25, 0.3) is 0 Å². The number of aliphatic hydroxyl groups is 1. The van der Waals surface area contributed by atoms with E-state index < -0.39 is 0 Å². The molecule has 0 fully saturated rings. The smallest absolute Gasteiger partial charge is 0.322 e. The topological polar surface area (TPSA) is 58.6 Å². The van der Waals surface area contributed by atoms with E-state index in [9.17, 15) is 4.79 Å². The average Bonchev–Trinajstić information content (AvgIpc) is 2.36. The summed E-state index contributed by atoms with van der Waals surface area (Å²) < 4.78 is 4.76. The SMILES string of the molecule is CCCNC(CCSCC(C)CO)C(=O)OC. The molecular formula is C12H25NO3S. The summed E-state index contributed by atoms with van der Waals surface area (Å²) in [7, 11) is 1.42. The Morgan fingerprint density at radius 2 is 2.24 bits per heavy atom. The Labute approximate surface area is 108 Å². The fourth-order valence-corrected chi connectivity index (χ4v) is 2.38. The first-order chi connectivity index (χ1) is 8.15. The normalized spacial score (nSPS) is 14.4. The van der Waals surface area contributed by atoms with Gasteiger partial charge in [-0.3, -0.25) is 4.79 Å². The van der Waals surface area contributed by atoms with Gasteiger partial charge in [-0.25, -0.2) is 0 Å². The van der Waals surface area contributed by atoms with E-state index >= 15 is 0 Å². The summed E-state index contributed by atoms with van der Waals surface area (Å²) in [5.74, 6) is 1.97. The lowest BCUT2D eigenvalue weighted by Gasteiger charge is -2.16. The summed E-state index contributed by atoms with van der Waals surface area (Å²) in [6.07, 6.45) is 1.78. The molecule has 2 atom stereocenters. The van der Waals surface area contributed by atoms with E-state index in [1.165, 1.54) is 7.11 Å². The third kappa shape index (κ3) is 8.46. The van der Waals surface area contributed by atoms with Gasteiger partial charge in [0.2, 0.25) is 0 Å². The summed E-state index contributed by atoms with van der Waals surface area (Å²) in [5, 5.41) is 12.1. The van der Waals surface area contributed by atoms with Crippen molar-refractivity contribution in [3.8, 4) is 0 Å². The third-order valence-corrected chi connectivity index (χ3v) is 3.72. The molecule has 0 saturated carbocycles. The van der Waals surface area contributed by atoms with Crippen LogP contribution >= 0.6 is 11.8 Å². The zero-order valence-electron chi connectivity index (χ0n) is 11.1. The molecule has 0 amide bonds. The summed E-state index contributed by atoms with van der Waals surface area (Å²) in [4.78, 5) is 11.5. The highest BCUT2D eigenvalue weighted by Gasteiger charge is 2.17. The number of methoxy groups -OCH3 is 1. The van der Waals surface area contributed by atoms with Crippen LogP contribution in [0.3, 0.4) is 0 Å². The average molecular weight is 263 g/mol. The van der Waals surface area contributed by atoms with Crippen molar-refractivity contribution in [3.63, 3.8) is 0 Å². The van der Waals surface area contributed by atoms with Crippen molar-refractivity contribution in [2.45, 2.75) is 32.7 Å². The van der Waals surface area contributed by atoms with Crippen LogP contribution in [0.2, 0.25) is 0 Å². The molecule has 0 aliphatic carbocycles. The maximum Gasteiger partial charge on any atom is 0.322 e. The quantitative estimate of drug-likeness (QED) is 0.459. The molecule has 0 aromatic rings. The summed E-state index contributed by atoms with van der Waals surface area (Å²) in [5.41, 5.74) is 0. The molecule has 0 aromatic heterocycles. The zero-order chi connectivity index (χ0) is 13.1. The molecular weight excluding hydrogens is 238 g/mol. The van der Waals surface area contributed by atoms with Crippen LogP contribution in [-0.2, 0) is 9.53 Å². The number of hydrogen-bond donors (Lipinski definition) is 2. The minimum absolute atomic E-state index is 0.186. The van der Waals surface area contributed by atoms with Gasteiger partial charge in [0.05, 0.1) is 7.11 Å². The fraction of sp³-hybridized carbons (Fsp3) is 0.917. The minimum atomic E-state index is -0.197. The van der Waals surface area contributed by atoms with Crippen molar-refractivity contribution in [1.29, 1.82) is 0 Å². The van der Waals surface area contributed by atoms with Crippen LogP contribution in [0.1, 0.15) is 26.7 Å². The molecule has 0 bridgehead atoms. The molecule has 0 rings (SSSR count). The molecule has 0 spiro atoms. The lowest BCUT2D eigenvalue weighted by atomic mass is 10.2. The van der Waals surface area contributed by atoms with E-state index in [1.807, 2.05) is 6.92 Å². The van der Waals surface area contributed by atoms with E-state index in [0.29, 0.717) is 5.92 Å². The van der Waals surface area contributed by atoms with Gasteiger partial charge in [-0.15, -0.1) is 0 Å². The Morgan fingerprint density at radius 1 is 1.53 bits per heavy atom. The second-order valence-electron chi connectivity index (χ2n) is 4.18. The summed E-state index contributed by atoms with van der Waals surface area (Å²) >= 11 is 1.77. The highest BCUT2D eigenvalue weighted by atomic mass is 32.2. The zero-order valence-corrected chi connectivity index (χ0v) is 11.9. The highest BCUT2D eigenvalue weighted by Crippen LogP contribution is 2.10. The van der Waals surface area contributed by atoms with Gasteiger partial charge in [0.25, 0.3) is 0 Å². The molecule has 0 aromatic carbocycles. The van der Waals surface area contributed by atoms with Gasteiger partial charge in [-0.1, -0.05) is 13.8 Å². The number of carbonyl (C=O) groups is 1. The van der Waals surface area contributed by atoms with Gasteiger partial charge in [-0.05, 0) is 36.8 Å². The first-order valence-corrected chi connectivity index (χ1v) is 7.30. The molecule has 4 nitrogen and oxygen atoms in total. The molecule has 0 heterocycles. The fourth-order valence-electron chi connectivity index (χ4n) is 1.30. The van der Waals surface area contributed by atoms with Crippen molar-refractivity contribution in [2.75, 3.05) is 31.8 Å². The lowest BCUT2D eigenvalue weighted by Crippen LogP contribution is -2.38. The predicted octanol–water partition coefficient (Wildman–Crippen LogP) is 1.28. The number of nitrogens with one attached hydrogen (secondary N) is 1. The van der Waals surface area contributed by atoms with Crippen molar-refractivity contribution < 1.29 is 14.6 Å². The van der Waals surface area contributed by atoms with E-state index in [4.69, 9.17) is 9.84 Å². The van der Waals surface area contributed by atoms with Crippen LogP contribution in [0.5, 0.6) is 0 Å². The second-order valence-corrected chi connectivity index (χ2v) is 5.33. The molecule has 5 heteroatoms. The van der Waals surface area contributed by atoms with Crippen molar-refractivity contribution in [3.05, 3.63) is 0 Å². The number of aliphatic hydroxyl groups excluding tert-OH is 1. The summed E-state index contributed by atoms with van der Waals surface area (Å²) in [6, 6.07) is -0.197. The number of ether oxygens (including phenoxy) is 1. The van der Waals surface area contributed by atoms with Crippen LogP contribution in [0.15, 0.2) is 0 Å². The van der Waals surface area contributed by atoms with Crippen LogP contribution in [0.4, 0.5) is 0 Å². The molecule has 17 heavy (non-hydrogen) atoms. The second kappa shape index (κ2) is 10.9. The number of esters is 1. The molecule has 102 valence electrons. The maximum atomic E-state index is 11.5. The molecule has 0 saturated heterocycles. The largest absolute Gasteiger partial charge is 0.468 e. The van der Waals surface area contributed by atoms with Crippen molar-refractivity contribution in [2.24, 2.45) is 5.92 Å². The third-order valence-electron chi connectivity index (χ3n) is 2.39. The molecule has 0 aliphatic rings. The van der Waals surface area contributed by atoms with Gasteiger partial charge in [0.1, 0.15) is 6.04 Å². The van der Waals surface area contributed by atoms with Gasteiger partial charge in [-0.2, -0.15) is 11.8 Å². The van der Waals surface area contributed by atoms with Gasteiger partial charge in [0.15, 0.2) is 0 Å². The molecule has 0 radical (unpaired) electrons. The van der Waals surface area contributed by atoms with Gasteiger partial charge >= 0.3 is 5.97 Å². The number of carbonyl (C=O) groups excluding carboxylic acids is 1. The monoisotopic (exact) mass is 263 g/mol. The summed E-state index contributed by atoms with van der Waals surface area (Å²) in [6.45, 7) is 5.14. The minimum Gasteiger partial charge on any atom is -0.468 e. The first kappa shape index (κ1) is 16.7. The van der Waals surface area contributed by atoms with Crippen LogP contribution < -0.4 is 5.32 Å². The Balaban J connectivity index is 3.79. The molecule has 2 unspecified atom stereocenters. The Kier molecular flexibility index (Phi) is 10.7. The van der Waals surface area contributed by atoms with Gasteiger partial charge < -0.3 is 15.2 Å². The number of hydrogen-bond acceptors (Lipinski definition) is 5. The van der Waals surface area contributed by atoms with Crippen molar-refractivity contribution >= 4 is 17.7 Å². The Morgan fingerprint density at radius 3 is 2.76 bits per heavy atom. The maximum absolute atomic E-state index is 11.5. The number of rotatable bonds is 10. The van der Waals surface area contributed by atoms with E-state index in [1.54, 1.807) is 11.8 Å². The highest BCUT2D eigenvalue weighted by molar-refractivity contribution is 7.99. The van der Waals surface area contributed by atoms with Crippen LogP contribution in [0, 0.1) is 5.92 Å². The first-order valence-electron chi connectivity index (χ1n) is 6.15. The van der Waals surface area contributed by atoms with E-state index in [0.717, 1.165) is 30.9 Å². The molecule has 0 aliphatic heterocycles. The van der Waals surface area contributed by atoms with Crippen molar-refractivity contribution in [1.82, 2.24) is 5.32 Å². The Hall–Kier alpha value is -0.260. The van der Waals surface area contributed by atoms with E-state index in [2.05, 4.69) is 12.2 Å². The Bertz CT molecular complexity index is 202.